The minimum absolute atomic E-state index is 0.140. The van der Waals surface area contributed by atoms with E-state index >= 15 is 0 Å². The van der Waals surface area contributed by atoms with E-state index < -0.39 is 0 Å². The van der Waals surface area contributed by atoms with Gasteiger partial charge in [-0.15, -0.1) is 0 Å². The van der Waals surface area contributed by atoms with E-state index in [-0.39, 0.29) is 23.6 Å². The van der Waals surface area contributed by atoms with E-state index in [4.69, 9.17) is 4.74 Å². The number of benzene rings is 1. The Labute approximate surface area is 133 Å². The van der Waals surface area contributed by atoms with Gasteiger partial charge in [-0.05, 0) is 38.0 Å². The zero-order valence-corrected chi connectivity index (χ0v) is 13.0. The second kappa shape index (κ2) is 6.40. The molecule has 2 aromatic rings. The number of hydrogen-bond acceptors (Lipinski definition) is 3. The maximum absolute atomic E-state index is 13.7. The zero-order valence-electron chi connectivity index (χ0n) is 13.0. The third-order valence-electron chi connectivity index (χ3n) is 4.24. The first kappa shape index (κ1) is 15.5. The molecule has 1 aromatic heterocycles. The fraction of sp³-hybridized carbons (Fsp3) is 0.412. The van der Waals surface area contributed by atoms with Crippen LogP contribution in [0.15, 0.2) is 24.3 Å². The molecule has 0 spiro atoms. The molecule has 1 aliphatic heterocycles. The van der Waals surface area contributed by atoms with Crippen LogP contribution in [0.25, 0.3) is 10.9 Å². The average molecular weight is 318 g/mol. The lowest BCUT2D eigenvalue weighted by atomic mass is 9.97. The van der Waals surface area contributed by atoms with Gasteiger partial charge in [-0.2, -0.15) is 0 Å². The molecular weight excluding hydrogens is 299 g/mol. The smallest absolute Gasteiger partial charge is 0.309 e. The van der Waals surface area contributed by atoms with Gasteiger partial charge < -0.3 is 14.6 Å². The number of fused-ring (bicyclic) bond motifs is 1. The summed E-state index contributed by atoms with van der Waals surface area (Å²) in [5.41, 5.74) is 0.981. The van der Waals surface area contributed by atoms with E-state index in [9.17, 15) is 14.0 Å². The normalized spacial score (nSPS) is 15.8. The molecule has 0 aliphatic carbocycles. The Hall–Kier alpha value is -2.37. The Bertz CT molecular complexity index is 733. The lowest BCUT2D eigenvalue weighted by molar-refractivity contribution is -0.149. The summed E-state index contributed by atoms with van der Waals surface area (Å²) in [6.45, 7) is 3.16. The van der Waals surface area contributed by atoms with E-state index in [1.54, 1.807) is 30.0 Å². The number of nitrogens with zero attached hydrogens (tertiary/aromatic N) is 1. The third-order valence-corrected chi connectivity index (χ3v) is 4.24. The van der Waals surface area contributed by atoms with Gasteiger partial charge in [0, 0.05) is 24.0 Å². The maximum Gasteiger partial charge on any atom is 0.309 e. The average Bonchev–Trinajstić information content (AvgIpc) is 3.00. The molecule has 5 nitrogen and oxygen atoms in total. The number of aromatic amines is 1. The maximum atomic E-state index is 13.7. The van der Waals surface area contributed by atoms with Crippen molar-refractivity contribution in [2.45, 2.75) is 19.8 Å². The summed E-state index contributed by atoms with van der Waals surface area (Å²) in [5.74, 6) is -0.840. The number of piperidine rings is 1. The molecule has 0 radical (unpaired) electrons. The zero-order chi connectivity index (χ0) is 16.4. The van der Waals surface area contributed by atoms with Crippen molar-refractivity contribution < 1.29 is 18.7 Å². The molecule has 0 unspecified atom stereocenters. The summed E-state index contributed by atoms with van der Waals surface area (Å²) in [5, 5.41) is 0.414. The molecular formula is C17H19FN2O3. The summed E-state index contributed by atoms with van der Waals surface area (Å²) in [7, 11) is 0. The Morgan fingerprint density at radius 3 is 2.74 bits per heavy atom. The third kappa shape index (κ3) is 3.06. The molecule has 23 heavy (non-hydrogen) atoms. The lowest BCUT2D eigenvalue weighted by Crippen LogP contribution is -2.40. The molecule has 1 saturated heterocycles. The number of carbonyl (C=O) groups is 2. The predicted molar refractivity (Wildman–Crippen MR) is 83.5 cm³/mol. The van der Waals surface area contributed by atoms with Crippen LogP contribution in [0.3, 0.4) is 0 Å². The van der Waals surface area contributed by atoms with Crippen LogP contribution >= 0.6 is 0 Å². The van der Waals surface area contributed by atoms with Crippen LogP contribution < -0.4 is 0 Å². The van der Waals surface area contributed by atoms with Gasteiger partial charge in [-0.25, -0.2) is 4.39 Å². The van der Waals surface area contributed by atoms with Crippen molar-refractivity contribution in [2.75, 3.05) is 19.7 Å². The van der Waals surface area contributed by atoms with Crippen LogP contribution in [0, 0.1) is 11.7 Å². The topological polar surface area (TPSA) is 62.4 Å². The van der Waals surface area contributed by atoms with Gasteiger partial charge in [0.2, 0.25) is 0 Å². The highest BCUT2D eigenvalue weighted by molar-refractivity contribution is 5.98. The number of amides is 1. The number of rotatable bonds is 3. The fourth-order valence-corrected chi connectivity index (χ4v) is 2.98. The second-order valence-corrected chi connectivity index (χ2v) is 5.70. The van der Waals surface area contributed by atoms with Crippen molar-refractivity contribution >= 4 is 22.8 Å². The van der Waals surface area contributed by atoms with Gasteiger partial charge in [0.15, 0.2) is 0 Å². The number of halogens is 1. The van der Waals surface area contributed by atoms with E-state index in [1.807, 2.05) is 0 Å². The van der Waals surface area contributed by atoms with Crippen molar-refractivity contribution in [1.82, 2.24) is 9.88 Å². The molecule has 1 N–H and O–H groups in total. The monoisotopic (exact) mass is 318 g/mol. The molecule has 6 heteroatoms. The molecule has 1 amide bonds. The van der Waals surface area contributed by atoms with E-state index in [2.05, 4.69) is 4.98 Å². The molecule has 1 aliphatic rings. The molecule has 122 valence electrons. The highest BCUT2D eigenvalue weighted by Gasteiger charge is 2.29. The van der Waals surface area contributed by atoms with Crippen molar-refractivity contribution in [1.29, 1.82) is 0 Å². The van der Waals surface area contributed by atoms with Crippen molar-refractivity contribution in [3.63, 3.8) is 0 Å². The van der Waals surface area contributed by atoms with Gasteiger partial charge in [0.1, 0.15) is 11.5 Å². The number of likely N-dealkylation sites (tertiary alicyclic amines) is 1. The molecule has 0 bridgehead atoms. The molecule has 0 saturated carbocycles. The number of aromatic nitrogens is 1. The summed E-state index contributed by atoms with van der Waals surface area (Å²) >= 11 is 0. The van der Waals surface area contributed by atoms with Gasteiger partial charge in [0.25, 0.3) is 5.91 Å². The predicted octanol–water partition coefficient (Wildman–Crippen LogP) is 2.72. The minimum Gasteiger partial charge on any atom is -0.466 e. The molecule has 3 rings (SSSR count). The van der Waals surface area contributed by atoms with Crippen LogP contribution in [0.2, 0.25) is 0 Å². The number of H-pyrrole nitrogens is 1. The fourth-order valence-electron chi connectivity index (χ4n) is 2.98. The Balaban J connectivity index is 1.69. The summed E-state index contributed by atoms with van der Waals surface area (Å²) < 4.78 is 18.7. The van der Waals surface area contributed by atoms with Crippen LogP contribution in [0.1, 0.15) is 30.3 Å². The van der Waals surface area contributed by atoms with E-state index in [0.29, 0.717) is 49.1 Å². The molecule has 0 atom stereocenters. The summed E-state index contributed by atoms with van der Waals surface area (Å²) in [6.07, 6.45) is 1.19. The number of carbonyl (C=O) groups excluding carboxylic acids is 2. The lowest BCUT2D eigenvalue weighted by Gasteiger charge is -2.30. The minimum atomic E-state index is -0.348. The highest BCUT2D eigenvalue weighted by atomic mass is 19.1. The Morgan fingerprint density at radius 2 is 2.09 bits per heavy atom. The number of esters is 1. The standard InChI is InChI=1S/C17H19FN2O3/c1-2-23-17(22)11-6-8-20(9-7-11)16(21)15-10-12-13(18)4-3-5-14(12)19-15/h3-5,10-11,19H,2,6-9H2,1H3. The molecule has 1 fully saturated rings. The van der Waals surface area contributed by atoms with E-state index in [0.717, 1.165) is 0 Å². The molecule has 2 heterocycles. The first-order valence-corrected chi connectivity index (χ1v) is 7.83. The van der Waals surface area contributed by atoms with Crippen LogP contribution in [-0.2, 0) is 9.53 Å². The van der Waals surface area contributed by atoms with Crippen LogP contribution in [0.4, 0.5) is 4.39 Å². The largest absolute Gasteiger partial charge is 0.466 e. The molecule has 1 aromatic carbocycles. The van der Waals surface area contributed by atoms with Gasteiger partial charge in [-0.1, -0.05) is 6.07 Å². The van der Waals surface area contributed by atoms with Gasteiger partial charge >= 0.3 is 5.97 Å². The first-order valence-electron chi connectivity index (χ1n) is 7.83. The second-order valence-electron chi connectivity index (χ2n) is 5.70. The Morgan fingerprint density at radius 1 is 1.35 bits per heavy atom. The van der Waals surface area contributed by atoms with Crippen molar-refractivity contribution in [2.24, 2.45) is 5.92 Å². The van der Waals surface area contributed by atoms with Crippen LogP contribution in [0.5, 0.6) is 0 Å². The summed E-state index contributed by atoms with van der Waals surface area (Å²) in [4.78, 5) is 28.9. The van der Waals surface area contributed by atoms with Crippen LogP contribution in [-0.4, -0.2) is 41.5 Å². The van der Waals surface area contributed by atoms with Crippen molar-refractivity contribution in [3.05, 3.63) is 35.8 Å². The SMILES string of the molecule is CCOC(=O)C1CCN(C(=O)c2cc3c(F)cccc3[nH]2)CC1. The summed E-state index contributed by atoms with van der Waals surface area (Å²) in [6, 6.07) is 6.26. The number of ether oxygens (including phenoxy) is 1. The highest BCUT2D eigenvalue weighted by Crippen LogP contribution is 2.23. The number of hydrogen-bond donors (Lipinski definition) is 1. The first-order chi connectivity index (χ1) is 11.1. The van der Waals surface area contributed by atoms with E-state index in [1.165, 1.54) is 6.07 Å². The quantitative estimate of drug-likeness (QED) is 0.885. The number of nitrogens with one attached hydrogen (secondary N) is 1. The van der Waals surface area contributed by atoms with Crippen molar-refractivity contribution in [3.8, 4) is 0 Å². The van der Waals surface area contributed by atoms with Gasteiger partial charge in [0.05, 0.1) is 12.5 Å². The Kier molecular flexibility index (Phi) is 4.32. The van der Waals surface area contributed by atoms with Gasteiger partial charge in [-0.3, -0.25) is 9.59 Å².